The average Bonchev–Trinajstić information content (AvgIpc) is 2.48. The van der Waals surface area contributed by atoms with Gasteiger partial charge in [-0.1, -0.05) is 26.7 Å². The summed E-state index contributed by atoms with van der Waals surface area (Å²) in [5, 5.41) is 4.59. The molecule has 0 bridgehead atoms. The number of rotatable bonds is 5. The van der Waals surface area contributed by atoms with Crippen molar-refractivity contribution in [1.82, 2.24) is 5.32 Å². The van der Waals surface area contributed by atoms with Crippen LogP contribution in [0.1, 0.15) is 46.5 Å². The lowest BCUT2D eigenvalue weighted by molar-refractivity contribution is 0.432. The molecule has 2 heteroatoms. The largest absolute Gasteiger partial charge is 0.311 e. The van der Waals surface area contributed by atoms with Gasteiger partial charge in [-0.25, -0.2) is 0 Å². The van der Waals surface area contributed by atoms with Gasteiger partial charge in [0.1, 0.15) is 0 Å². The Balaban J connectivity index is 2.09. The van der Waals surface area contributed by atoms with Crippen molar-refractivity contribution in [2.45, 2.75) is 63.8 Å². The van der Waals surface area contributed by atoms with Crippen LogP contribution in [0, 0.1) is 0 Å². The van der Waals surface area contributed by atoms with Gasteiger partial charge in [-0.3, -0.25) is 0 Å². The summed E-state index contributed by atoms with van der Waals surface area (Å²) in [7, 11) is 0. The van der Waals surface area contributed by atoms with E-state index in [9.17, 15) is 0 Å². The van der Waals surface area contributed by atoms with E-state index in [0.29, 0.717) is 0 Å². The Morgan fingerprint density at radius 1 is 1.54 bits per heavy atom. The van der Waals surface area contributed by atoms with Gasteiger partial charge >= 0.3 is 0 Å². The lowest BCUT2D eigenvalue weighted by Crippen LogP contribution is -2.36. The quantitative estimate of drug-likeness (QED) is 0.734. The molecular weight excluding hydrogens is 178 g/mol. The Bertz CT molecular complexity index is 138. The molecular formula is C11H23NS. The lowest BCUT2D eigenvalue weighted by Gasteiger charge is -2.18. The minimum absolute atomic E-state index is 0.718. The Hall–Kier alpha value is 0.310. The summed E-state index contributed by atoms with van der Waals surface area (Å²) in [5.41, 5.74) is 0. The van der Waals surface area contributed by atoms with E-state index in [1.165, 1.54) is 31.4 Å². The maximum Gasteiger partial charge on any atom is 0.0171 e. The first-order chi connectivity index (χ1) is 6.22. The molecule has 1 fully saturated rings. The predicted molar refractivity (Wildman–Crippen MR) is 62.4 cm³/mol. The second-order valence-corrected chi connectivity index (χ2v) is 5.76. The Morgan fingerprint density at radius 3 is 2.85 bits per heavy atom. The van der Waals surface area contributed by atoms with Crippen LogP contribution in [-0.4, -0.2) is 23.1 Å². The van der Waals surface area contributed by atoms with Crippen molar-refractivity contribution in [3.05, 3.63) is 0 Å². The second-order valence-electron chi connectivity index (χ2n) is 4.29. The fraction of sp³-hybridized carbons (Fsp3) is 1.00. The van der Waals surface area contributed by atoms with Gasteiger partial charge in [0.05, 0.1) is 0 Å². The van der Waals surface area contributed by atoms with Crippen molar-refractivity contribution >= 4 is 11.8 Å². The molecule has 1 aliphatic rings. The summed E-state index contributed by atoms with van der Waals surface area (Å²) in [6.45, 7) is 6.92. The summed E-state index contributed by atoms with van der Waals surface area (Å²) < 4.78 is 0. The number of hydrogen-bond donors (Lipinski definition) is 1. The molecule has 0 amide bonds. The molecule has 1 saturated heterocycles. The third-order valence-electron chi connectivity index (χ3n) is 2.71. The van der Waals surface area contributed by atoms with Gasteiger partial charge in [0, 0.05) is 23.1 Å². The molecule has 1 rings (SSSR count). The fourth-order valence-electron chi connectivity index (χ4n) is 1.93. The topological polar surface area (TPSA) is 12.0 Å². The highest BCUT2D eigenvalue weighted by Crippen LogP contribution is 2.26. The number of thioether (sulfide) groups is 1. The van der Waals surface area contributed by atoms with E-state index in [1.54, 1.807) is 0 Å². The highest BCUT2D eigenvalue weighted by Gasteiger charge is 2.22. The molecule has 0 saturated carbocycles. The minimum Gasteiger partial charge on any atom is -0.311 e. The lowest BCUT2D eigenvalue weighted by atomic mass is 10.1. The molecule has 0 spiro atoms. The van der Waals surface area contributed by atoms with E-state index in [2.05, 4.69) is 37.8 Å². The zero-order valence-electron chi connectivity index (χ0n) is 9.18. The van der Waals surface area contributed by atoms with Crippen LogP contribution in [0.3, 0.4) is 0 Å². The molecule has 3 atom stereocenters. The van der Waals surface area contributed by atoms with Gasteiger partial charge < -0.3 is 5.32 Å². The zero-order valence-corrected chi connectivity index (χ0v) is 9.99. The Kier molecular flexibility index (Phi) is 5.18. The minimum atomic E-state index is 0.718. The van der Waals surface area contributed by atoms with Crippen molar-refractivity contribution in [1.29, 1.82) is 0 Å². The van der Waals surface area contributed by atoms with Gasteiger partial charge in [-0.05, 0) is 19.8 Å². The third-order valence-corrected chi connectivity index (χ3v) is 4.07. The smallest absolute Gasteiger partial charge is 0.0171 e. The van der Waals surface area contributed by atoms with Crippen LogP contribution in [0.25, 0.3) is 0 Å². The Labute approximate surface area is 87.1 Å². The van der Waals surface area contributed by atoms with E-state index < -0.39 is 0 Å². The number of unbranched alkanes of at least 4 members (excludes halogenated alkanes) is 1. The van der Waals surface area contributed by atoms with Crippen LogP contribution in [0.4, 0.5) is 0 Å². The van der Waals surface area contributed by atoms with Crippen molar-refractivity contribution in [2.75, 3.05) is 5.75 Å². The van der Waals surface area contributed by atoms with E-state index in [-0.39, 0.29) is 0 Å². The average molecular weight is 201 g/mol. The van der Waals surface area contributed by atoms with E-state index in [0.717, 1.165) is 17.3 Å². The molecule has 1 heterocycles. The molecule has 0 aromatic carbocycles. The Morgan fingerprint density at radius 2 is 2.31 bits per heavy atom. The molecule has 0 aromatic heterocycles. The summed E-state index contributed by atoms with van der Waals surface area (Å²) >= 11 is 2.11. The van der Waals surface area contributed by atoms with Crippen LogP contribution in [0.5, 0.6) is 0 Å². The summed E-state index contributed by atoms with van der Waals surface area (Å²) in [6, 6.07) is 1.50. The van der Waals surface area contributed by atoms with Gasteiger partial charge in [-0.2, -0.15) is 11.8 Å². The van der Waals surface area contributed by atoms with E-state index in [4.69, 9.17) is 0 Å². The van der Waals surface area contributed by atoms with Crippen molar-refractivity contribution < 1.29 is 0 Å². The molecule has 78 valence electrons. The zero-order chi connectivity index (χ0) is 9.68. The maximum absolute atomic E-state index is 3.72. The predicted octanol–water partition coefficient (Wildman–Crippen LogP) is 3.05. The first-order valence-corrected chi connectivity index (χ1v) is 6.65. The van der Waals surface area contributed by atoms with E-state index >= 15 is 0 Å². The van der Waals surface area contributed by atoms with E-state index in [1.807, 2.05) is 0 Å². The maximum atomic E-state index is 3.72. The number of nitrogens with one attached hydrogen (secondary N) is 1. The molecule has 0 radical (unpaired) electrons. The molecule has 3 unspecified atom stereocenters. The number of hydrogen-bond acceptors (Lipinski definition) is 2. The second kappa shape index (κ2) is 5.92. The fourth-order valence-corrected chi connectivity index (χ4v) is 3.09. The summed E-state index contributed by atoms with van der Waals surface area (Å²) in [5.74, 6) is 1.32. The molecule has 1 N–H and O–H groups in total. The van der Waals surface area contributed by atoms with Gasteiger partial charge in [0.15, 0.2) is 0 Å². The first-order valence-electron chi connectivity index (χ1n) is 5.60. The van der Waals surface area contributed by atoms with Gasteiger partial charge in [0.25, 0.3) is 0 Å². The normalized spacial score (nSPS) is 30.7. The summed E-state index contributed by atoms with van der Waals surface area (Å²) in [6.07, 6.45) is 5.39. The van der Waals surface area contributed by atoms with Crippen molar-refractivity contribution in [3.63, 3.8) is 0 Å². The van der Waals surface area contributed by atoms with Crippen molar-refractivity contribution in [2.24, 2.45) is 0 Å². The highest BCUT2D eigenvalue weighted by atomic mass is 32.2. The van der Waals surface area contributed by atoms with Gasteiger partial charge in [0.2, 0.25) is 0 Å². The third kappa shape index (κ3) is 4.37. The molecule has 13 heavy (non-hydrogen) atoms. The van der Waals surface area contributed by atoms with Crippen LogP contribution in [0.15, 0.2) is 0 Å². The molecule has 1 nitrogen and oxygen atoms in total. The van der Waals surface area contributed by atoms with Crippen LogP contribution >= 0.6 is 11.8 Å². The highest BCUT2D eigenvalue weighted by molar-refractivity contribution is 8.00. The van der Waals surface area contributed by atoms with Crippen molar-refractivity contribution in [3.8, 4) is 0 Å². The summed E-state index contributed by atoms with van der Waals surface area (Å²) in [4.78, 5) is 0. The SMILES string of the molecule is CCCCC(C)NC1CSC(C)C1. The van der Waals surface area contributed by atoms with Crippen LogP contribution in [-0.2, 0) is 0 Å². The van der Waals surface area contributed by atoms with Gasteiger partial charge in [-0.15, -0.1) is 0 Å². The molecule has 0 aliphatic carbocycles. The standard InChI is InChI=1S/C11H23NS/c1-4-5-6-9(2)12-11-7-10(3)13-8-11/h9-12H,4-8H2,1-3H3. The molecule has 0 aromatic rings. The molecule has 1 aliphatic heterocycles. The monoisotopic (exact) mass is 201 g/mol. The van der Waals surface area contributed by atoms with Crippen LogP contribution < -0.4 is 5.32 Å². The first kappa shape index (κ1) is 11.4. The van der Waals surface area contributed by atoms with Crippen LogP contribution in [0.2, 0.25) is 0 Å².